The van der Waals surface area contributed by atoms with Crippen LogP contribution in [0.3, 0.4) is 0 Å². The van der Waals surface area contributed by atoms with Gasteiger partial charge in [-0.15, -0.1) is 15.0 Å². The Morgan fingerprint density at radius 2 is 1.95 bits per heavy atom. The van der Waals surface area contributed by atoms with Crippen LogP contribution in [-0.2, 0) is 0 Å². The molecule has 1 aromatic heterocycles. The summed E-state index contributed by atoms with van der Waals surface area (Å²) < 4.78 is 0. The van der Waals surface area contributed by atoms with Crippen LogP contribution in [0.25, 0.3) is 5.69 Å². The quantitative estimate of drug-likeness (QED) is 0.847. The number of carbonyl (C=O) groups is 1. The molecule has 0 aliphatic heterocycles. The van der Waals surface area contributed by atoms with Crippen molar-refractivity contribution >= 4 is 23.4 Å². The molecule has 0 aliphatic rings. The highest BCUT2D eigenvalue weighted by Gasteiger charge is 2.23. The predicted octanol–water partition coefficient (Wildman–Crippen LogP) is 3.25. The monoisotopic (exact) mass is 322 g/mol. The van der Waals surface area contributed by atoms with Crippen molar-refractivity contribution in [2.24, 2.45) is 0 Å². The van der Waals surface area contributed by atoms with Crippen LogP contribution >= 0.6 is 11.6 Å². The number of benzene rings is 1. The molecule has 0 saturated carbocycles. The number of aromatic nitrogens is 3. The van der Waals surface area contributed by atoms with Gasteiger partial charge in [-0.25, -0.2) is 4.79 Å². The first kappa shape index (κ1) is 16.3. The number of halogens is 1. The van der Waals surface area contributed by atoms with Gasteiger partial charge in [0.05, 0.1) is 5.69 Å². The zero-order valence-corrected chi connectivity index (χ0v) is 13.4. The topological polar surface area (TPSA) is 71.2 Å². The third-order valence-corrected chi connectivity index (χ3v) is 3.36. The second-order valence-electron chi connectivity index (χ2n) is 4.93. The number of hydrogen-bond donors (Lipinski definition) is 1. The van der Waals surface area contributed by atoms with Crippen LogP contribution in [0.5, 0.6) is 0 Å². The summed E-state index contributed by atoms with van der Waals surface area (Å²) in [5.74, 6) is -0.684. The van der Waals surface area contributed by atoms with E-state index in [1.807, 2.05) is 18.7 Å². The van der Waals surface area contributed by atoms with Gasteiger partial charge in [0.2, 0.25) is 5.69 Å². The van der Waals surface area contributed by atoms with E-state index in [2.05, 4.69) is 10.2 Å². The average molecular weight is 323 g/mol. The van der Waals surface area contributed by atoms with E-state index in [9.17, 15) is 9.90 Å². The van der Waals surface area contributed by atoms with Gasteiger partial charge in [0, 0.05) is 18.1 Å². The SMILES string of the molecule is CCCN(CCC)c1nn(-c2cccc(Cl)c2)nc1C(=O)O. The van der Waals surface area contributed by atoms with Crippen LogP contribution in [0.1, 0.15) is 37.2 Å². The standard InChI is InChI=1S/C15H19ClN4O2/c1-3-8-19(9-4-2)14-13(15(21)22)17-20(18-14)12-7-5-6-11(16)10-12/h5-7,10H,3-4,8-9H2,1-2H3,(H,21,22). The van der Waals surface area contributed by atoms with Gasteiger partial charge in [0.25, 0.3) is 0 Å². The number of anilines is 1. The molecule has 2 rings (SSSR count). The Balaban J connectivity index is 2.47. The molecule has 0 atom stereocenters. The van der Waals surface area contributed by atoms with Gasteiger partial charge in [-0.2, -0.15) is 0 Å². The van der Waals surface area contributed by atoms with Crippen LogP contribution in [0.15, 0.2) is 24.3 Å². The minimum atomic E-state index is -1.08. The number of carboxylic acid groups (broad SMARTS) is 1. The maximum absolute atomic E-state index is 11.5. The van der Waals surface area contributed by atoms with Gasteiger partial charge in [-0.3, -0.25) is 0 Å². The summed E-state index contributed by atoms with van der Waals surface area (Å²) in [5.41, 5.74) is 0.594. The molecular weight excluding hydrogens is 304 g/mol. The van der Waals surface area contributed by atoms with Gasteiger partial charge in [0.1, 0.15) is 0 Å². The van der Waals surface area contributed by atoms with Gasteiger partial charge in [-0.05, 0) is 31.0 Å². The molecule has 1 heterocycles. The molecule has 7 heteroatoms. The predicted molar refractivity (Wildman–Crippen MR) is 86.1 cm³/mol. The molecule has 118 valence electrons. The first-order chi connectivity index (χ1) is 10.6. The van der Waals surface area contributed by atoms with Crippen molar-refractivity contribution in [1.29, 1.82) is 0 Å². The van der Waals surface area contributed by atoms with Crippen LogP contribution in [0.2, 0.25) is 5.02 Å². The van der Waals surface area contributed by atoms with Crippen molar-refractivity contribution < 1.29 is 9.90 Å². The first-order valence-corrected chi connectivity index (χ1v) is 7.66. The number of carboxylic acids is 1. The molecule has 22 heavy (non-hydrogen) atoms. The van der Waals surface area contributed by atoms with Crippen molar-refractivity contribution in [3.05, 3.63) is 35.0 Å². The Kier molecular flexibility index (Phi) is 5.38. The second kappa shape index (κ2) is 7.26. The number of nitrogens with zero attached hydrogens (tertiary/aromatic N) is 4. The largest absolute Gasteiger partial charge is 0.476 e. The van der Waals surface area contributed by atoms with E-state index in [1.54, 1.807) is 24.3 Å². The van der Waals surface area contributed by atoms with E-state index >= 15 is 0 Å². The Morgan fingerprint density at radius 3 is 2.50 bits per heavy atom. The maximum atomic E-state index is 11.5. The molecule has 0 radical (unpaired) electrons. The molecular formula is C15H19ClN4O2. The Morgan fingerprint density at radius 1 is 1.27 bits per heavy atom. The van der Waals surface area contributed by atoms with Crippen molar-refractivity contribution in [3.63, 3.8) is 0 Å². The Bertz CT molecular complexity index is 651. The summed E-state index contributed by atoms with van der Waals surface area (Å²) in [6.45, 7) is 5.57. The average Bonchev–Trinajstić information content (AvgIpc) is 2.92. The summed E-state index contributed by atoms with van der Waals surface area (Å²) in [4.78, 5) is 14.8. The maximum Gasteiger partial charge on any atom is 0.360 e. The lowest BCUT2D eigenvalue weighted by atomic mass is 10.3. The van der Waals surface area contributed by atoms with Gasteiger partial charge < -0.3 is 10.0 Å². The summed E-state index contributed by atoms with van der Waals surface area (Å²) >= 11 is 5.97. The zero-order chi connectivity index (χ0) is 16.1. The van der Waals surface area contributed by atoms with Gasteiger partial charge >= 0.3 is 5.97 Å². The fraction of sp³-hybridized carbons (Fsp3) is 0.400. The summed E-state index contributed by atoms with van der Waals surface area (Å²) in [6, 6.07) is 7.00. The Labute approximate surface area is 134 Å². The van der Waals surface area contributed by atoms with E-state index in [-0.39, 0.29) is 5.69 Å². The van der Waals surface area contributed by atoms with Crippen molar-refractivity contribution in [3.8, 4) is 5.69 Å². The summed E-state index contributed by atoms with van der Waals surface area (Å²) in [5, 5.41) is 18.4. The van der Waals surface area contributed by atoms with E-state index in [0.717, 1.165) is 25.9 Å². The third-order valence-electron chi connectivity index (χ3n) is 3.12. The fourth-order valence-corrected chi connectivity index (χ4v) is 2.41. The highest BCUT2D eigenvalue weighted by Crippen LogP contribution is 2.20. The first-order valence-electron chi connectivity index (χ1n) is 7.28. The van der Waals surface area contributed by atoms with Gasteiger partial charge in [0.15, 0.2) is 5.82 Å². The molecule has 2 aromatic rings. The molecule has 1 aromatic carbocycles. The minimum absolute atomic E-state index is 0.0399. The molecule has 6 nitrogen and oxygen atoms in total. The normalized spacial score (nSPS) is 10.7. The molecule has 0 spiro atoms. The van der Waals surface area contributed by atoms with Crippen molar-refractivity contribution in [1.82, 2.24) is 15.0 Å². The van der Waals surface area contributed by atoms with E-state index in [0.29, 0.717) is 16.5 Å². The van der Waals surface area contributed by atoms with Crippen LogP contribution in [0.4, 0.5) is 5.82 Å². The van der Waals surface area contributed by atoms with Crippen LogP contribution < -0.4 is 4.90 Å². The van der Waals surface area contributed by atoms with E-state index in [1.165, 1.54) is 4.80 Å². The Hall–Kier alpha value is -2.08. The third kappa shape index (κ3) is 3.57. The van der Waals surface area contributed by atoms with Crippen molar-refractivity contribution in [2.45, 2.75) is 26.7 Å². The van der Waals surface area contributed by atoms with E-state index in [4.69, 9.17) is 11.6 Å². The number of hydrogen-bond acceptors (Lipinski definition) is 4. The van der Waals surface area contributed by atoms with E-state index < -0.39 is 5.97 Å². The highest BCUT2D eigenvalue weighted by molar-refractivity contribution is 6.30. The second-order valence-corrected chi connectivity index (χ2v) is 5.37. The summed E-state index contributed by atoms with van der Waals surface area (Å²) in [6.07, 6.45) is 1.81. The fourth-order valence-electron chi connectivity index (χ4n) is 2.23. The number of rotatable bonds is 7. The molecule has 0 saturated heterocycles. The zero-order valence-electron chi connectivity index (χ0n) is 12.7. The molecule has 0 bridgehead atoms. The minimum Gasteiger partial charge on any atom is -0.476 e. The lowest BCUT2D eigenvalue weighted by Gasteiger charge is -2.20. The molecule has 0 fully saturated rings. The van der Waals surface area contributed by atoms with Crippen LogP contribution in [-0.4, -0.2) is 39.2 Å². The van der Waals surface area contributed by atoms with Crippen molar-refractivity contribution in [2.75, 3.05) is 18.0 Å². The molecule has 1 N–H and O–H groups in total. The molecule has 0 aliphatic carbocycles. The smallest absolute Gasteiger partial charge is 0.360 e. The van der Waals surface area contributed by atoms with Crippen LogP contribution in [0, 0.1) is 0 Å². The molecule has 0 amide bonds. The lowest BCUT2D eigenvalue weighted by molar-refractivity contribution is 0.0690. The van der Waals surface area contributed by atoms with Gasteiger partial charge in [-0.1, -0.05) is 31.5 Å². The summed E-state index contributed by atoms with van der Waals surface area (Å²) in [7, 11) is 0. The number of aromatic carboxylic acids is 1. The highest BCUT2D eigenvalue weighted by atomic mass is 35.5. The molecule has 0 unspecified atom stereocenters. The lowest BCUT2D eigenvalue weighted by Crippen LogP contribution is -2.27.